The van der Waals surface area contributed by atoms with Crippen molar-refractivity contribution in [3.63, 3.8) is 0 Å². The van der Waals surface area contributed by atoms with E-state index in [-0.39, 0.29) is 17.1 Å². The molecule has 0 radical (unpaired) electrons. The highest BCUT2D eigenvalue weighted by Crippen LogP contribution is 2.46. The molecule has 0 bridgehead atoms. The van der Waals surface area contributed by atoms with Crippen molar-refractivity contribution in [3.05, 3.63) is 64.5 Å². The standard InChI is InChI=1S/C24H24N2O2/c1-14-19(13-25)22(23-20(26-14)11-24(2,3)12-21(23)27)17-6-5-16-10-18(28-4)8-7-15(16)9-17/h5-10,22,26H,11-12H2,1-4H3/t22-/m0/s1. The zero-order chi connectivity index (χ0) is 20.1. The van der Waals surface area contributed by atoms with Crippen LogP contribution >= 0.6 is 0 Å². The first kappa shape index (κ1) is 18.3. The number of nitrogens with zero attached hydrogens (tertiary/aromatic N) is 1. The van der Waals surface area contributed by atoms with Gasteiger partial charge in [-0.05, 0) is 47.2 Å². The number of nitrogens with one attached hydrogen (secondary N) is 1. The Balaban J connectivity index is 1.88. The van der Waals surface area contributed by atoms with Crippen molar-refractivity contribution in [2.45, 2.75) is 39.5 Å². The van der Waals surface area contributed by atoms with Crippen LogP contribution in [-0.2, 0) is 4.79 Å². The van der Waals surface area contributed by atoms with E-state index in [0.717, 1.165) is 45.5 Å². The maximum absolute atomic E-state index is 13.1. The molecule has 4 nitrogen and oxygen atoms in total. The molecule has 28 heavy (non-hydrogen) atoms. The van der Waals surface area contributed by atoms with Crippen molar-refractivity contribution >= 4 is 16.6 Å². The number of allylic oxidation sites excluding steroid dienone is 4. The summed E-state index contributed by atoms with van der Waals surface area (Å²) in [5.41, 5.74) is 4.10. The van der Waals surface area contributed by atoms with Gasteiger partial charge in [0.25, 0.3) is 0 Å². The van der Waals surface area contributed by atoms with Gasteiger partial charge in [-0.3, -0.25) is 4.79 Å². The molecule has 0 saturated heterocycles. The second-order valence-electron chi connectivity index (χ2n) is 8.51. The number of fused-ring (bicyclic) bond motifs is 1. The summed E-state index contributed by atoms with van der Waals surface area (Å²) < 4.78 is 5.31. The van der Waals surface area contributed by atoms with Crippen LogP contribution in [0.4, 0.5) is 0 Å². The topological polar surface area (TPSA) is 62.1 Å². The number of ketones is 1. The molecule has 1 N–H and O–H groups in total. The Morgan fingerprint density at radius 2 is 1.86 bits per heavy atom. The summed E-state index contributed by atoms with van der Waals surface area (Å²) in [7, 11) is 1.65. The van der Waals surface area contributed by atoms with Gasteiger partial charge in [0.05, 0.1) is 24.7 Å². The Morgan fingerprint density at radius 1 is 1.14 bits per heavy atom. The van der Waals surface area contributed by atoms with Crippen LogP contribution in [0.25, 0.3) is 10.8 Å². The minimum absolute atomic E-state index is 0.0716. The molecule has 0 fully saturated rings. The number of nitriles is 1. The third kappa shape index (κ3) is 2.97. The average Bonchev–Trinajstić information content (AvgIpc) is 2.65. The molecule has 0 amide bonds. The lowest BCUT2D eigenvalue weighted by Gasteiger charge is -2.38. The van der Waals surface area contributed by atoms with E-state index in [2.05, 4.69) is 31.3 Å². The number of benzene rings is 2. The maximum Gasteiger partial charge on any atom is 0.162 e. The molecule has 2 aliphatic rings. The van der Waals surface area contributed by atoms with E-state index in [9.17, 15) is 10.1 Å². The summed E-state index contributed by atoms with van der Waals surface area (Å²) in [6.45, 7) is 6.16. The predicted octanol–water partition coefficient (Wildman–Crippen LogP) is 4.98. The Morgan fingerprint density at radius 3 is 2.57 bits per heavy atom. The molecule has 0 saturated carbocycles. The van der Waals surface area contributed by atoms with Gasteiger partial charge >= 0.3 is 0 Å². The molecule has 4 heteroatoms. The van der Waals surface area contributed by atoms with Gasteiger partial charge in [-0.2, -0.15) is 5.26 Å². The second kappa shape index (κ2) is 6.53. The van der Waals surface area contributed by atoms with Gasteiger partial charge in [-0.1, -0.05) is 38.1 Å². The van der Waals surface area contributed by atoms with Gasteiger partial charge in [0, 0.05) is 23.4 Å². The third-order valence-electron chi connectivity index (χ3n) is 5.76. The van der Waals surface area contributed by atoms with Gasteiger partial charge < -0.3 is 10.1 Å². The Bertz CT molecular complexity index is 1100. The maximum atomic E-state index is 13.1. The van der Waals surface area contributed by atoms with E-state index < -0.39 is 0 Å². The van der Waals surface area contributed by atoms with Crippen LogP contribution in [0.5, 0.6) is 5.75 Å². The monoisotopic (exact) mass is 372 g/mol. The molecule has 142 valence electrons. The quantitative estimate of drug-likeness (QED) is 0.808. The molecule has 1 aliphatic carbocycles. The average molecular weight is 372 g/mol. The molecular formula is C24H24N2O2. The van der Waals surface area contributed by atoms with Crippen LogP contribution in [0.15, 0.2) is 58.9 Å². The third-order valence-corrected chi connectivity index (χ3v) is 5.76. The molecule has 2 aromatic rings. The molecule has 2 aromatic carbocycles. The lowest BCUT2D eigenvalue weighted by atomic mass is 9.69. The number of Topliss-reactive ketones (excluding diaryl/α,β-unsaturated/α-hetero) is 1. The lowest BCUT2D eigenvalue weighted by molar-refractivity contribution is -0.118. The highest BCUT2D eigenvalue weighted by molar-refractivity contribution is 6.00. The number of hydrogen-bond acceptors (Lipinski definition) is 4. The first-order chi connectivity index (χ1) is 13.3. The normalized spacial score (nSPS) is 21.2. The molecule has 0 spiro atoms. The minimum atomic E-state index is -0.309. The predicted molar refractivity (Wildman–Crippen MR) is 110 cm³/mol. The van der Waals surface area contributed by atoms with Crippen LogP contribution in [0.2, 0.25) is 0 Å². The van der Waals surface area contributed by atoms with Crippen molar-refractivity contribution in [1.82, 2.24) is 5.32 Å². The van der Waals surface area contributed by atoms with Crippen molar-refractivity contribution in [3.8, 4) is 11.8 Å². The lowest BCUT2D eigenvalue weighted by Crippen LogP contribution is -2.36. The van der Waals surface area contributed by atoms with Gasteiger partial charge in [0.1, 0.15) is 5.75 Å². The summed E-state index contributed by atoms with van der Waals surface area (Å²) in [5, 5.41) is 15.4. The van der Waals surface area contributed by atoms with Crippen molar-refractivity contribution < 1.29 is 9.53 Å². The molecule has 0 unspecified atom stereocenters. The van der Waals surface area contributed by atoms with E-state index in [1.54, 1.807) is 7.11 Å². The van der Waals surface area contributed by atoms with Gasteiger partial charge in [0.2, 0.25) is 0 Å². The highest BCUT2D eigenvalue weighted by atomic mass is 16.5. The summed E-state index contributed by atoms with van der Waals surface area (Å²) in [6.07, 6.45) is 1.32. The number of carbonyl (C=O) groups excluding carboxylic acids is 1. The minimum Gasteiger partial charge on any atom is -0.497 e. The van der Waals surface area contributed by atoms with Gasteiger partial charge in [0.15, 0.2) is 5.78 Å². The van der Waals surface area contributed by atoms with E-state index in [0.29, 0.717) is 12.0 Å². The number of rotatable bonds is 2. The van der Waals surface area contributed by atoms with E-state index in [4.69, 9.17) is 4.74 Å². The molecule has 0 aromatic heterocycles. The number of dihydropyridines is 1. The molecule has 1 heterocycles. The number of hydrogen-bond donors (Lipinski definition) is 1. The van der Waals surface area contributed by atoms with Crippen LogP contribution < -0.4 is 10.1 Å². The summed E-state index contributed by atoms with van der Waals surface area (Å²) in [6, 6.07) is 14.5. The highest BCUT2D eigenvalue weighted by Gasteiger charge is 2.41. The summed E-state index contributed by atoms with van der Waals surface area (Å²) >= 11 is 0. The largest absolute Gasteiger partial charge is 0.497 e. The number of ether oxygens (including phenoxy) is 1. The molecule has 1 aliphatic heterocycles. The molecule has 4 rings (SSSR count). The zero-order valence-electron chi connectivity index (χ0n) is 16.7. The molecule has 1 atom stereocenters. The van der Waals surface area contributed by atoms with Crippen LogP contribution in [0.3, 0.4) is 0 Å². The fraction of sp³-hybridized carbons (Fsp3) is 0.333. The SMILES string of the molecule is COc1ccc2cc([C@H]3C(C#N)=C(C)NC4=C3C(=O)CC(C)(C)C4)ccc2c1. The van der Waals surface area contributed by atoms with Gasteiger partial charge in [-0.15, -0.1) is 0 Å². The van der Waals surface area contributed by atoms with Crippen LogP contribution in [-0.4, -0.2) is 12.9 Å². The Hall–Kier alpha value is -3.06. The fourth-order valence-corrected chi connectivity index (χ4v) is 4.47. The summed E-state index contributed by atoms with van der Waals surface area (Å²) in [4.78, 5) is 13.1. The zero-order valence-corrected chi connectivity index (χ0v) is 16.7. The van der Waals surface area contributed by atoms with Crippen molar-refractivity contribution in [1.29, 1.82) is 5.26 Å². The van der Waals surface area contributed by atoms with E-state index >= 15 is 0 Å². The number of carbonyl (C=O) groups is 1. The second-order valence-corrected chi connectivity index (χ2v) is 8.51. The van der Waals surface area contributed by atoms with Crippen LogP contribution in [0, 0.1) is 16.7 Å². The Labute approximate surface area is 165 Å². The van der Waals surface area contributed by atoms with Gasteiger partial charge in [-0.25, -0.2) is 0 Å². The first-order valence-corrected chi connectivity index (χ1v) is 9.55. The summed E-state index contributed by atoms with van der Waals surface area (Å²) in [5.74, 6) is 0.639. The van der Waals surface area contributed by atoms with Crippen molar-refractivity contribution in [2.75, 3.05) is 7.11 Å². The Kier molecular flexibility index (Phi) is 4.27. The fourth-order valence-electron chi connectivity index (χ4n) is 4.47. The molecular weight excluding hydrogens is 348 g/mol. The number of methoxy groups -OCH3 is 1. The van der Waals surface area contributed by atoms with Crippen molar-refractivity contribution in [2.24, 2.45) is 5.41 Å². The smallest absolute Gasteiger partial charge is 0.162 e. The van der Waals surface area contributed by atoms with Crippen LogP contribution in [0.1, 0.15) is 45.1 Å². The van der Waals surface area contributed by atoms with E-state index in [1.807, 2.05) is 37.3 Å². The first-order valence-electron chi connectivity index (χ1n) is 9.55. The van der Waals surface area contributed by atoms with E-state index in [1.165, 1.54) is 0 Å².